The second-order valence-electron chi connectivity index (χ2n) is 2.78. The Hall–Kier alpha value is -1.15. The Balaban J connectivity index is 2.36. The van der Waals surface area contributed by atoms with Crippen LogP contribution >= 0.6 is 11.3 Å². The van der Waals surface area contributed by atoms with Crippen molar-refractivity contribution in [2.24, 2.45) is 0 Å². The van der Waals surface area contributed by atoms with Crippen molar-refractivity contribution in [1.29, 1.82) is 0 Å². The first-order valence-corrected chi connectivity index (χ1v) is 5.13. The number of benzene rings is 1. The first-order valence-electron chi connectivity index (χ1n) is 4.31. The van der Waals surface area contributed by atoms with Gasteiger partial charge in [-0.25, -0.2) is 4.98 Å². The number of aromatic nitrogens is 1. The van der Waals surface area contributed by atoms with Crippen molar-refractivity contribution in [3.8, 4) is 10.6 Å². The SMILES string of the molecule is CCc1cnc(-c2c[c]ccc2)s1. The van der Waals surface area contributed by atoms with Crippen LogP contribution in [0.15, 0.2) is 30.5 Å². The van der Waals surface area contributed by atoms with Gasteiger partial charge in [-0.2, -0.15) is 0 Å². The number of thiazole rings is 1. The van der Waals surface area contributed by atoms with Gasteiger partial charge >= 0.3 is 0 Å². The molecule has 2 aromatic rings. The van der Waals surface area contributed by atoms with Crippen molar-refractivity contribution >= 4 is 11.3 Å². The molecule has 0 atom stereocenters. The van der Waals surface area contributed by atoms with Crippen molar-refractivity contribution in [1.82, 2.24) is 4.98 Å². The van der Waals surface area contributed by atoms with Gasteiger partial charge in [0, 0.05) is 16.6 Å². The summed E-state index contributed by atoms with van der Waals surface area (Å²) < 4.78 is 0. The summed E-state index contributed by atoms with van der Waals surface area (Å²) >= 11 is 1.75. The van der Waals surface area contributed by atoms with Crippen molar-refractivity contribution in [3.05, 3.63) is 41.4 Å². The fraction of sp³-hybridized carbons (Fsp3) is 0.182. The van der Waals surface area contributed by atoms with Crippen LogP contribution in [0.3, 0.4) is 0 Å². The number of nitrogens with zero attached hydrogens (tertiary/aromatic N) is 1. The largest absolute Gasteiger partial charge is 0.244 e. The van der Waals surface area contributed by atoms with Crippen molar-refractivity contribution in [2.45, 2.75) is 13.3 Å². The van der Waals surface area contributed by atoms with Gasteiger partial charge in [0.05, 0.1) is 0 Å². The number of hydrogen-bond acceptors (Lipinski definition) is 2. The molecule has 0 aliphatic heterocycles. The van der Waals surface area contributed by atoms with Gasteiger partial charge in [0.1, 0.15) is 5.01 Å². The van der Waals surface area contributed by atoms with E-state index in [1.807, 2.05) is 24.4 Å². The summed E-state index contributed by atoms with van der Waals surface area (Å²) in [5, 5.41) is 1.09. The highest BCUT2D eigenvalue weighted by molar-refractivity contribution is 7.15. The van der Waals surface area contributed by atoms with Crippen LogP contribution in [0.4, 0.5) is 0 Å². The molecule has 13 heavy (non-hydrogen) atoms. The fourth-order valence-corrected chi connectivity index (χ4v) is 1.98. The lowest BCUT2D eigenvalue weighted by atomic mass is 10.2. The first-order chi connectivity index (χ1) is 6.40. The Bertz CT molecular complexity index is 378. The summed E-state index contributed by atoms with van der Waals surface area (Å²) in [4.78, 5) is 5.69. The van der Waals surface area contributed by atoms with Crippen LogP contribution in [0.25, 0.3) is 10.6 Å². The molecule has 1 aromatic heterocycles. The molecule has 0 aliphatic carbocycles. The molecule has 0 bridgehead atoms. The monoisotopic (exact) mass is 188 g/mol. The third kappa shape index (κ3) is 1.78. The summed E-state index contributed by atoms with van der Waals surface area (Å²) in [6, 6.07) is 11.0. The molecule has 2 heteroatoms. The topological polar surface area (TPSA) is 12.9 Å². The molecule has 1 radical (unpaired) electrons. The predicted octanol–water partition coefficient (Wildman–Crippen LogP) is 3.17. The van der Waals surface area contributed by atoms with E-state index in [2.05, 4.69) is 24.0 Å². The van der Waals surface area contributed by atoms with E-state index in [-0.39, 0.29) is 0 Å². The molecule has 1 aromatic carbocycles. The lowest BCUT2D eigenvalue weighted by Gasteiger charge is -1.92. The minimum absolute atomic E-state index is 1.06. The normalized spacial score (nSPS) is 10.2. The van der Waals surface area contributed by atoms with Crippen LogP contribution in [0.2, 0.25) is 0 Å². The lowest BCUT2D eigenvalue weighted by Crippen LogP contribution is -1.71. The van der Waals surface area contributed by atoms with Crippen LogP contribution in [-0.2, 0) is 6.42 Å². The third-order valence-corrected chi connectivity index (χ3v) is 3.05. The lowest BCUT2D eigenvalue weighted by molar-refractivity contribution is 1.17. The highest BCUT2D eigenvalue weighted by Gasteiger charge is 2.01. The number of rotatable bonds is 2. The Labute approximate surface area is 82.1 Å². The molecule has 65 valence electrons. The second-order valence-corrected chi connectivity index (χ2v) is 3.89. The number of aryl methyl sites for hydroxylation is 1. The molecule has 0 fully saturated rings. The molecule has 0 saturated heterocycles. The maximum atomic E-state index is 4.36. The molecule has 0 amide bonds. The van der Waals surface area contributed by atoms with Crippen LogP contribution in [0, 0.1) is 6.07 Å². The molecular weight excluding hydrogens is 178 g/mol. The quantitative estimate of drug-likeness (QED) is 0.705. The second kappa shape index (κ2) is 3.71. The van der Waals surface area contributed by atoms with Crippen molar-refractivity contribution in [2.75, 3.05) is 0 Å². The molecule has 2 rings (SSSR count). The van der Waals surface area contributed by atoms with E-state index >= 15 is 0 Å². The predicted molar refractivity (Wildman–Crippen MR) is 55.8 cm³/mol. The molecule has 0 spiro atoms. The molecule has 0 N–H and O–H groups in total. The highest BCUT2D eigenvalue weighted by Crippen LogP contribution is 2.24. The van der Waals surface area contributed by atoms with Gasteiger partial charge in [-0.3, -0.25) is 0 Å². The first kappa shape index (κ1) is 8.45. The van der Waals surface area contributed by atoms with Crippen molar-refractivity contribution in [3.63, 3.8) is 0 Å². The van der Waals surface area contributed by atoms with E-state index in [1.165, 1.54) is 4.88 Å². The van der Waals surface area contributed by atoms with Gasteiger partial charge in [0.2, 0.25) is 0 Å². The van der Waals surface area contributed by atoms with E-state index in [4.69, 9.17) is 0 Å². The highest BCUT2D eigenvalue weighted by atomic mass is 32.1. The smallest absolute Gasteiger partial charge is 0.123 e. The number of hydrogen-bond donors (Lipinski definition) is 0. The maximum Gasteiger partial charge on any atom is 0.123 e. The summed E-state index contributed by atoms with van der Waals surface area (Å²) in [5.74, 6) is 0. The van der Waals surface area contributed by atoms with Gasteiger partial charge in [0.15, 0.2) is 0 Å². The summed E-state index contributed by atoms with van der Waals surface area (Å²) in [6.07, 6.45) is 3.02. The minimum atomic E-state index is 1.06. The maximum absolute atomic E-state index is 4.36. The van der Waals surface area contributed by atoms with E-state index < -0.39 is 0 Å². The molecule has 0 unspecified atom stereocenters. The minimum Gasteiger partial charge on any atom is -0.244 e. The van der Waals surface area contributed by atoms with E-state index in [0.717, 1.165) is 17.0 Å². The van der Waals surface area contributed by atoms with Gasteiger partial charge in [-0.05, 0) is 18.6 Å². The Morgan fingerprint density at radius 2 is 2.46 bits per heavy atom. The zero-order valence-electron chi connectivity index (χ0n) is 7.45. The van der Waals surface area contributed by atoms with E-state index in [0.29, 0.717) is 0 Å². The van der Waals surface area contributed by atoms with E-state index in [9.17, 15) is 0 Å². The molecule has 0 saturated carbocycles. The average Bonchev–Trinajstić information content (AvgIpc) is 2.67. The standard InChI is InChI=1S/C11H10NS/c1-2-10-8-12-11(13-10)9-6-4-3-5-7-9/h3-4,6-8H,2H2,1H3. The Morgan fingerprint density at radius 1 is 1.54 bits per heavy atom. The average molecular weight is 188 g/mol. The van der Waals surface area contributed by atoms with Crippen LogP contribution < -0.4 is 0 Å². The van der Waals surface area contributed by atoms with Crippen LogP contribution in [-0.4, -0.2) is 4.98 Å². The van der Waals surface area contributed by atoms with E-state index in [1.54, 1.807) is 11.3 Å². The van der Waals surface area contributed by atoms with Gasteiger partial charge < -0.3 is 0 Å². The Morgan fingerprint density at radius 3 is 3.08 bits per heavy atom. The summed E-state index contributed by atoms with van der Waals surface area (Å²) in [6.45, 7) is 2.15. The van der Waals surface area contributed by atoms with Crippen LogP contribution in [0.1, 0.15) is 11.8 Å². The van der Waals surface area contributed by atoms with Gasteiger partial charge in [0.25, 0.3) is 0 Å². The third-order valence-electron chi connectivity index (χ3n) is 1.86. The molecular formula is C11H10NS. The molecule has 0 aliphatic rings. The van der Waals surface area contributed by atoms with Crippen LogP contribution in [0.5, 0.6) is 0 Å². The van der Waals surface area contributed by atoms with Gasteiger partial charge in [-0.15, -0.1) is 11.3 Å². The van der Waals surface area contributed by atoms with Gasteiger partial charge in [-0.1, -0.05) is 25.1 Å². The fourth-order valence-electron chi connectivity index (χ4n) is 1.13. The molecule has 1 heterocycles. The summed E-state index contributed by atoms with van der Waals surface area (Å²) in [5.41, 5.74) is 1.16. The summed E-state index contributed by atoms with van der Waals surface area (Å²) in [7, 11) is 0. The zero-order chi connectivity index (χ0) is 9.10. The molecule has 1 nitrogen and oxygen atoms in total. The Kier molecular flexibility index (Phi) is 2.41. The zero-order valence-corrected chi connectivity index (χ0v) is 8.27. The van der Waals surface area contributed by atoms with Crippen molar-refractivity contribution < 1.29 is 0 Å².